The zero-order valence-corrected chi connectivity index (χ0v) is 15.8. The molecule has 1 aromatic carbocycles. The topological polar surface area (TPSA) is 38.1 Å². The van der Waals surface area contributed by atoms with Crippen LogP contribution >= 0.6 is 0 Å². The second kappa shape index (κ2) is 7.37. The number of hydrogen-bond acceptors (Lipinski definition) is 2. The molecule has 7 heteroatoms. The van der Waals surface area contributed by atoms with Crippen LogP contribution in [0.5, 0.6) is 0 Å². The number of aromatic nitrogens is 2. The van der Waals surface area contributed by atoms with Crippen molar-refractivity contribution >= 4 is 5.91 Å². The number of halogens is 3. The van der Waals surface area contributed by atoms with Gasteiger partial charge in [0.2, 0.25) is 5.91 Å². The lowest BCUT2D eigenvalue weighted by atomic mass is 10.0. The molecule has 27 heavy (non-hydrogen) atoms. The van der Waals surface area contributed by atoms with Crippen LogP contribution in [0.3, 0.4) is 0 Å². The van der Waals surface area contributed by atoms with Gasteiger partial charge in [-0.05, 0) is 50.3 Å². The molecule has 0 radical (unpaired) electrons. The Balaban J connectivity index is 1.74. The van der Waals surface area contributed by atoms with Crippen LogP contribution in [-0.2, 0) is 31.0 Å². The van der Waals surface area contributed by atoms with Gasteiger partial charge in [0.25, 0.3) is 0 Å². The van der Waals surface area contributed by atoms with Crippen LogP contribution in [0.4, 0.5) is 13.2 Å². The Morgan fingerprint density at radius 3 is 2.48 bits per heavy atom. The average molecular weight is 379 g/mol. The van der Waals surface area contributed by atoms with Crippen molar-refractivity contribution in [3.63, 3.8) is 0 Å². The molecule has 3 rings (SSSR count). The summed E-state index contributed by atoms with van der Waals surface area (Å²) >= 11 is 0. The molecule has 2 aromatic rings. The summed E-state index contributed by atoms with van der Waals surface area (Å²) in [7, 11) is 1.86. The van der Waals surface area contributed by atoms with E-state index in [-0.39, 0.29) is 30.5 Å². The first-order valence-electron chi connectivity index (χ1n) is 9.12. The van der Waals surface area contributed by atoms with E-state index in [0.29, 0.717) is 6.42 Å². The first kappa shape index (κ1) is 19.5. The van der Waals surface area contributed by atoms with Gasteiger partial charge in [-0.3, -0.25) is 9.48 Å². The van der Waals surface area contributed by atoms with Crippen molar-refractivity contribution in [2.75, 3.05) is 0 Å². The minimum atomic E-state index is -4.42. The summed E-state index contributed by atoms with van der Waals surface area (Å²) in [5.41, 5.74) is 2.43. The fraction of sp³-hybridized carbons (Fsp3) is 0.500. The Morgan fingerprint density at radius 1 is 1.26 bits per heavy atom. The van der Waals surface area contributed by atoms with Crippen LogP contribution in [-0.4, -0.2) is 26.6 Å². The maximum Gasteiger partial charge on any atom is 0.416 e. The zero-order valence-electron chi connectivity index (χ0n) is 15.8. The number of rotatable bonds is 6. The molecule has 1 aliphatic rings. The fourth-order valence-corrected chi connectivity index (χ4v) is 3.48. The molecule has 0 bridgehead atoms. The number of amides is 1. The molecule has 1 saturated carbocycles. The third-order valence-electron chi connectivity index (χ3n) is 5.22. The van der Waals surface area contributed by atoms with Crippen molar-refractivity contribution in [2.45, 2.75) is 58.3 Å². The van der Waals surface area contributed by atoms with E-state index in [1.54, 1.807) is 15.6 Å². The van der Waals surface area contributed by atoms with E-state index in [2.05, 4.69) is 5.10 Å². The van der Waals surface area contributed by atoms with Crippen LogP contribution in [0, 0.1) is 13.8 Å². The monoisotopic (exact) mass is 379 g/mol. The molecule has 1 amide bonds. The number of carbonyl (C=O) groups is 1. The predicted octanol–water partition coefficient (Wildman–Crippen LogP) is 4.18. The Bertz CT molecular complexity index is 837. The molecule has 146 valence electrons. The molecule has 0 aliphatic heterocycles. The number of nitrogens with zero attached hydrogens (tertiary/aromatic N) is 3. The third kappa shape index (κ3) is 4.34. The van der Waals surface area contributed by atoms with Crippen molar-refractivity contribution in [2.24, 2.45) is 7.05 Å². The summed E-state index contributed by atoms with van der Waals surface area (Å²) in [6.07, 6.45) is -1.89. The second-order valence-electron chi connectivity index (χ2n) is 7.18. The van der Waals surface area contributed by atoms with Gasteiger partial charge in [-0.1, -0.05) is 18.2 Å². The molecular formula is C20H24F3N3O. The highest BCUT2D eigenvalue weighted by Crippen LogP contribution is 2.35. The number of benzene rings is 1. The Labute approximate surface area is 157 Å². The smallest absolute Gasteiger partial charge is 0.335 e. The van der Waals surface area contributed by atoms with Crippen molar-refractivity contribution in [3.05, 3.63) is 52.3 Å². The van der Waals surface area contributed by atoms with Crippen molar-refractivity contribution in [3.8, 4) is 0 Å². The van der Waals surface area contributed by atoms with E-state index in [1.165, 1.54) is 12.1 Å². The highest BCUT2D eigenvalue weighted by atomic mass is 19.4. The van der Waals surface area contributed by atoms with Crippen LogP contribution in [0.25, 0.3) is 0 Å². The largest absolute Gasteiger partial charge is 0.416 e. The minimum Gasteiger partial charge on any atom is -0.335 e. The van der Waals surface area contributed by atoms with Crippen LogP contribution in [0.15, 0.2) is 24.3 Å². The van der Waals surface area contributed by atoms with E-state index in [9.17, 15) is 18.0 Å². The highest BCUT2D eigenvalue weighted by molar-refractivity contribution is 5.77. The summed E-state index contributed by atoms with van der Waals surface area (Å²) < 4.78 is 41.6. The quantitative estimate of drug-likeness (QED) is 0.755. The Hall–Kier alpha value is -2.31. The number of alkyl halides is 3. The molecule has 4 nitrogen and oxygen atoms in total. The first-order chi connectivity index (χ1) is 12.7. The normalized spacial score (nSPS) is 14.4. The van der Waals surface area contributed by atoms with Crippen LogP contribution in [0.2, 0.25) is 0 Å². The lowest BCUT2D eigenvalue weighted by molar-refractivity contribution is -0.140. The maximum atomic E-state index is 13.3. The SMILES string of the molecule is Cc1nn(C)c(C)c1CCC(=O)N(Cc1ccccc1C(F)(F)F)C1CC1. The summed E-state index contributed by atoms with van der Waals surface area (Å²) in [6.45, 7) is 3.87. The highest BCUT2D eigenvalue weighted by Gasteiger charge is 2.36. The van der Waals surface area contributed by atoms with Gasteiger partial charge in [0, 0.05) is 31.7 Å². The van der Waals surface area contributed by atoms with Crippen molar-refractivity contribution < 1.29 is 18.0 Å². The first-order valence-corrected chi connectivity index (χ1v) is 9.12. The van der Waals surface area contributed by atoms with Gasteiger partial charge >= 0.3 is 6.18 Å². The molecule has 0 unspecified atom stereocenters. The number of aryl methyl sites for hydroxylation is 2. The lowest BCUT2D eigenvalue weighted by Crippen LogP contribution is -2.33. The fourth-order valence-electron chi connectivity index (χ4n) is 3.48. The Kier molecular flexibility index (Phi) is 5.31. The van der Waals surface area contributed by atoms with E-state index in [4.69, 9.17) is 0 Å². The average Bonchev–Trinajstić information content (AvgIpc) is 3.40. The van der Waals surface area contributed by atoms with E-state index < -0.39 is 11.7 Å². The van der Waals surface area contributed by atoms with Crippen molar-refractivity contribution in [1.29, 1.82) is 0 Å². The predicted molar refractivity (Wildman–Crippen MR) is 96.0 cm³/mol. The van der Waals surface area contributed by atoms with Gasteiger partial charge in [0.05, 0.1) is 11.3 Å². The second-order valence-corrected chi connectivity index (χ2v) is 7.18. The van der Waals surface area contributed by atoms with Gasteiger partial charge in [0.1, 0.15) is 0 Å². The number of carbonyl (C=O) groups excluding carboxylic acids is 1. The standard InChI is InChI=1S/C20H24F3N3O/c1-13-17(14(2)25(3)24-13)10-11-19(27)26(16-8-9-16)12-15-6-4-5-7-18(15)20(21,22)23/h4-7,16H,8-12H2,1-3H3. The van der Waals surface area contributed by atoms with Gasteiger partial charge in [-0.15, -0.1) is 0 Å². The van der Waals surface area contributed by atoms with E-state index >= 15 is 0 Å². The van der Waals surface area contributed by atoms with Gasteiger partial charge < -0.3 is 4.90 Å². The van der Waals surface area contributed by atoms with Crippen LogP contribution < -0.4 is 0 Å². The van der Waals surface area contributed by atoms with E-state index in [1.807, 2.05) is 20.9 Å². The molecule has 0 atom stereocenters. The molecular weight excluding hydrogens is 355 g/mol. The molecule has 0 saturated heterocycles. The summed E-state index contributed by atoms with van der Waals surface area (Å²) in [4.78, 5) is 14.4. The lowest BCUT2D eigenvalue weighted by Gasteiger charge is -2.24. The molecule has 0 spiro atoms. The maximum absolute atomic E-state index is 13.3. The van der Waals surface area contributed by atoms with Crippen molar-refractivity contribution in [1.82, 2.24) is 14.7 Å². The van der Waals surface area contributed by atoms with Gasteiger partial charge in [-0.2, -0.15) is 18.3 Å². The Morgan fingerprint density at radius 2 is 1.93 bits per heavy atom. The summed E-state index contributed by atoms with van der Waals surface area (Å²) in [5.74, 6) is -0.0999. The van der Waals surface area contributed by atoms with E-state index in [0.717, 1.165) is 35.9 Å². The molecule has 1 fully saturated rings. The minimum absolute atomic E-state index is 0.00415. The van der Waals surface area contributed by atoms with Gasteiger partial charge in [0.15, 0.2) is 0 Å². The van der Waals surface area contributed by atoms with Gasteiger partial charge in [-0.25, -0.2) is 0 Å². The summed E-state index contributed by atoms with van der Waals surface area (Å²) in [6, 6.07) is 5.55. The molecule has 1 heterocycles. The third-order valence-corrected chi connectivity index (χ3v) is 5.22. The van der Waals surface area contributed by atoms with Crippen LogP contribution in [0.1, 0.15) is 47.3 Å². The number of hydrogen-bond donors (Lipinski definition) is 0. The summed E-state index contributed by atoms with van der Waals surface area (Å²) in [5, 5.41) is 4.35. The molecule has 1 aromatic heterocycles. The molecule has 1 aliphatic carbocycles. The zero-order chi connectivity index (χ0) is 19.8. The molecule has 0 N–H and O–H groups in total.